The Morgan fingerprint density at radius 2 is 2.22 bits per heavy atom. The molecule has 0 aliphatic heterocycles. The summed E-state index contributed by atoms with van der Waals surface area (Å²) < 4.78 is 0. The molecule has 1 N–H and O–H groups in total. The van der Waals surface area contributed by atoms with Gasteiger partial charge in [-0.15, -0.1) is 0 Å². The normalized spacial score (nSPS) is 9.44. The minimum atomic E-state index is -0.814. The Kier molecular flexibility index (Phi) is 5.76. The first kappa shape index (κ1) is 8.78. The quantitative estimate of drug-likeness (QED) is 0.583. The van der Waals surface area contributed by atoms with Gasteiger partial charge in [0.15, 0.2) is 0 Å². The van der Waals surface area contributed by atoms with Crippen molar-refractivity contribution in [3.63, 3.8) is 0 Å². The topological polar surface area (TPSA) is 57.2 Å². The summed E-state index contributed by atoms with van der Waals surface area (Å²) in [5, 5.41) is 17.9. The van der Waals surface area contributed by atoms with Gasteiger partial charge in [0.2, 0.25) is 0 Å². The van der Waals surface area contributed by atoms with Crippen molar-refractivity contribution in [2.75, 3.05) is 18.1 Å². The largest absolute Gasteiger partial charge is 0.481 e. The van der Waals surface area contributed by atoms with Gasteiger partial charge in [0.25, 0.3) is 0 Å². The molecule has 1 radical (unpaired) electrons. The van der Waals surface area contributed by atoms with E-state index in [1.54, 1.807) is 0 Å². The molecule has 0 spiro atoms. The van der Waals surface area contributed by atoms with Gasteiger partial charge >= 0.3 is 5.97 Å². The molecule has 0 aromatic carbocycles. The maximum atomic E-state index is 9.86. The van der Waals surface area contributed by atoms with Crippen LogP contribution in [0.4, 0.5) is 0 Å². The van der Waals surface area contributed by atoms with Crippen LogP contribution in [-0.2, 0) is 9.90 Å². The lowest BCUT2D eigenvalue weighted by Crippen LogP contribution is -1.99. The van der Waals surface area contributed by atoms with E-state index < -0.39 is 5.97 Å². The lowest BCUT2D eigenvalue weighted by Gasteiger charge is -1.92. The summed E-state index contributed by atoms with van der Waals surface area (Å²) in [4.78, 5) is 9.86. The molecule has 53 valence electrons. The average molecular weight is 149 g/mol. The third kappa shape index (κ3) is 7.78. The number of hydrogen-bond acceptors (Lipinski definition) is 2. The molecule has 0 aromatic heterocycles. The van der Waals surface area contributed by atoms with Crippen LogP contribution in [0.25, 0.3) is 0 Å². The van der Waals surface area contributed by atoms with E-state index in [4.69, 9.17) is 5.11 Å². The molecule has 4 heteroatoms. The SMILES string of the molecule is [O]CCCSCC(=O)O. The van der Waals surface area contributed by atoms with Gasteiger partial charge in [-0.1, -0.05) is 0 Å². The van der Waals surface area contributed by atoms with E-state index in [1.807, 2.05) is 0 Å². The Morgan fingerprint density at radius 1 is 1.56 bits per heavy atom. The highest BCUT2D eigenvalue weighted by Gasteiger charge is 1.94. The number of carbonyl (C=O) groups is 1. The molecular formula is C5H9O3S. The van der Waals surface area contributed by atoms with Crippen molar-refractivity contribution < 1.29 is 15.0 Å². The van der Waals surface area contributed by atoms with Crippen LogP contribution >= 0.6 is 11.8 Å². The van der Waals surface area contributed by atoms with Gasteiger partial charge in [-0.25, -0.2) is 5.11 Å². The second-order valence-corrected chi connectivity index (χ2v) is 2.61. The van der Waals surface area contributed by atoms with E-state index in [-0.39, 0.29) is 12.4 Å². The molecule has 0 aliphatic rings. The monoisotopic (exact) mass is 149 g/mol. The summed E-state index contributed by atoms with van der Waals surface area (Å²) in [6.45, 7) is -0.105. The summed E-state index contributed by atoms with van der Waals surface area (Å²) in [5.74, 6) is -0.0404. The number of hydrogen-bond donors (Lipinski definition) is 1. The van der Waals surface area contributed by atoms with Crippen LogP contribution in [0.2, 0.25) is 0 Å². The van der Waals surface area contributed by atoms with Gasteiger partial charge in [0.1, 0.15) is 0 Å². The first-order valence-electron chi connectivity index (χ1n) is 2.65. The van der Waals surface area contributed by atoms with E-state index in [2.05, 4.69) is 0 Å². The third-order valence-electron chi connectivity index (χ3n) is 0.659. The maximum Gasteiger partial charge on any atom is 0.313 e. The van der Waals surface area contributed by atoms with E-state index >= 15 is 0 Å². The molecule has 9 heavy (non-hydrogen) atoms. The van der Waals surface area contributed by atoms with Gasteiger partial charge in [-0.05, 0) is 12.2 Å². The van der Waals surface area contributed by atoms with Crippen molar-refractivity contribution in [2.24, 2.45) is 0 Å². The third-order valence-corrected chi connectivity index (χ3v) is 1.69. The van der Waals surface area contributed by atoms with Crippen molar-refractivity contribution in [1.82, 2.24) is 0 Å². The van der Waals surface area contributed by atoms with Crippen LogP contribution in [-0.4, -0.2) is 29.2 Å². The Hall–Kier alpha value is -0.220. The van der Waals surface area contributed by atoms with Crippen molar-refractivity contribution in [3.05, 3.63) is 0 Å². The minimum absolute atomic E-state index is 0.105. The van der Waals surface area contributed by atoms with Crippen LogP contribution in [0.3, 0.4) is 0 Å². The molecule has 0 saturated carbocycles. The second-order valence-electron chi connectivity index (χ2n) is 1.50. The highest BCUT2D eigenvalue weighted by Crippen LogP contribution is 2.00. The number of aliphatic carboxylic acids is 1. The summed E-state index contributed by atoms with van der Waals surface area (Å²) in [7, 11) is 0. The fourth-order valence-electron chi connectivity index (χ4n) is 0.320. The number of carboxylic acids is 1. The summed E-state index contributed by atoms with van der Waals surface area (Å²) in [6.07, 6.45) is 0.567. The van der Waals surface area contributed by atoms with E-state index in [0.29, 0.717) is 12.2 Å². The lowest BCUT2D eigenvalue weighted by molar-refractivity contribution is -0.133. The molecule has 0 bridgehead atoms. The van der Waals surface area contributed by atoms with Crippen LogP contribution in [0.15, 0.2) is 0 Å². The molecule has 0 fully saturated rings. The Labute approximate surface area is 58.1 Å². The molecule has 0 atom stereocenters. The van der Waals surface area contributed by atoms with Gasteiger partial charge < -0.3 is 5.11 Å². The average Bonchev–Trinajstić information content (AvgIpc) is 1.80. The summed E-state index contributed by atoms with van der Waals surface area (Å²) in [6, 6.07) is 0. The lowest BCUT2D eigenvalue weighted by atomic mass is 10.5. The predicted molar refractivity (Wildman–Crippen MR) is 35.1 cm³/mol. The van der Waals surface area contributed by atoms with E-state index in [9.17, 15) is 9.90 Å². The van der Waals surface area contributed by atoms with E-state index in [0.717, 1.165) is 0 Å². The van der Waals surface area contributed by atoms with Gasteiger partial charge in [0.05, 0.1) is 12.4 Å². The van der Waals surface area contributed by atoms with Crippen LogP contribution in [0, 0.1) is 0 Å². The van der Waals surface area contributed by atoms with Gasteiger partial charge in [0, 0.05) is 0 Å². The molecule has 0 aromatic rings. The van der Waals surface area contributed by atoms with Crippen molar-refractivity contribution >= 4 is 17.7 Å². The molecule has 0 amide bonds. The first-order valence-corrected chi connectivity index (χ1v) is 3.80. The molecule has 0 aliphatic carbocycles. The van der Waals surface area contributed by atoms with Crippen molar-refractivity contribution in [2.45, 2.75) is 6.42 Å². The highest BCUT2D eigenvalue weighted by molar-refractivity contribution is 7.99. The minimum Gasteiger partial charge on any atom is -0.481 e. The van der Waals surface area contributed by atoms with Crippen LogP contribution in [0.5, 0.6) is 0 Å². The smallest absolute Gasteiger partial charge is 0.313 e. The summed E-state index contributed by atoms with van der Waals surface area (Å²) >= 11 is 1.29. The fraction of sp³-hybridized carbons (Fsp3) is 0.800. The Balaban J connectivity index is 2.83. The number of carboxylic acid groups (broad SMARTS) is 1. The first-order chi connectivity index (χ1) is 4.27. The maximum absolute atomic E-state index is 9.86. The highest BCUT2D eigenvalue weighted by atomic mass is 32.2. The number of rotatable bonds is 5. The zero-order valence-corrected chi connectivity index (χ0v) is 5.82. The van der Waals surface area contributed by atoms with Gasteiger partial charge in [-0.3, -0.25) is 4.79 Å². The summed E-state index contributed by atoms with van der Waals surface area (Å²) in [5.41, 5.74) is 0. The zero-order chi connectivity index (χ0) is 7.11. The van der Waals surface area contributed by atoms with Crippen molar-refractivity contribution in [1.29, 1.82) is 0 Å². The standard InChI is InChI=1S/C5H9O3S/c6-2-1-3-9-4-5(7)8/h1-4H2,(H,7,8). The van der Waals surface area contributed by atoms with E-state index in [1.165, 1.54) is 11.8 Å². The molecule has 0 rings (SSSR count). The van der Waals surface area contributed by atoms with Crippen LogP contribution in [0.1, 0.15) is 6.42 Å². The second kappa shape index (κ2) is 5.91. The van der Waals surface area contributed by atoms with Crippen molar-refractivity contribution in [3.8, 4) is 0 Å². The molecular weight excluding hydrogens is 140 g/mol. The Bertz CT molecular complexity index is 84.3. The zero-order valence-electron chi connectivity index (χ0n) is 5.00. The molecule has 0 saturated heterocycles. The molecule has 3 nitrogen and oxygen atoms in total. The molecule has 0 unspecified atom stereocenters. The molecule has 0 heterocycles. The Morgan fingerprint density at radius 3 is 2.67 bits per heavy atom. The fourth-order valence-corrected chi connectivity index (χ4v) is 0.961. The number of thioether (sulfide) groups is 1. The predicted octanol–water partition coefficient (Wildman–Crippen LogP) is 0.625. The van der Waals surface area contributed by atoms with Gasteiger partial charge in [-0.2, -0.15) is 11.8 Å². The van der Waals surface area contributed by atoms with Crippen LogP contribution < -0.4 is 0 Å².